The summed E-state index contributed by atoms with van der Waals surface area (Å²) in [6.07, 6.45) is 11.5. The normalized spacial score (nSPS) is 23.9. The van der Waals surface area contributed by atoms with Gasteiger partial charge in [-0.1, -0.05) is 51.9 Å². The average molecular weight is 255 g/mol. The van der Waals surface area contributed by atoms with Gasteiger partial charge in [0.25, 0.3) is 0 Å². The zero-order valence-corrected chi connectivity index (χ0v) is 11.8. The van der Waals surface area contributed by atoms with E-state index in [1.54, 1.807) is 0 Å². The highest BCUT2D eigenvalue weighted by Crippen LogP contribution is 2.18. The van der Waals surface area contributed by atoms with Crippen LogP contribution in [-0.4, -0.2) is 23.2 Å². The maximum Gasteiger partial charge on any atom is 0.220 e. The van der Waals surface area contributed by atoms with E-state index in [0.717, 1.165) is 38.5 Å². The second-order valence-electron chi connectivity index (χ2n) is 5.54. The van der Waals surface area contributed by atoms with Gasteiger partial charge in [0, 0.05) is 6.42 Å². The smallest absolute Gasteiger partial charge is 0.220 e. The Hall–Kier alpha value is -0.570. The molecule has 0 unspecified atom stereocenters. The fourth-order valence-corrected chi connectivity index (χ4v) is 2.62. The van der Waals surface area contributed by atoms with Crippen LogP contribution in [-0.2, 0) is 4.79 Å². The van der Waals surface area contributed by atoms with Gasteiger partial charge in [0.2, 0.25) is 5.91 Å². The Balaban J connectivity index is 2.02. The Kier molecular flexibility index (Phi) is 8.06. The van der Waals surface area contributed by atoms with Crippen LogP contribution in [0.5, 0.6) is 0 Å². The maximum atomic E-state index is 11.7. The molecule has 1 saturated carbocycles. The summed E-state index contributed by atoms with van der Waals surface area (Å²) in [5, 5.41) is 12.8. The van der Waals surface area contributed by atoms with E-state index in [1.165, 1.54) is 25.7 Å². The van der Waals surface area contributed by atoms with Crippen LogP contribution in [0.1, 0.15) is 77.6 Å². The van der Waals surface area contributed by atoms with Crippen LogP contribution < -0.4 is 5.32 Å². The monoisotopic (exact) mass is 255 g/mol. The molecule has 1 fully saturated rings. The van der Waals surface area contributed by atoms with Crippen molar-refractivity contribution in [2.45, 2.75) is 89.7 Å². The fourth-order valence-electron chi connectivity index (χ4n) is 2.62. The highest BCUT2D eigenvalue weighted by Gasteiger charge is 2.23. The first-order chi connectivity index (χ1) is 8.74. The molecule has 0 spiro atoms. The van der Waals surface area contributed by atoms with Crippen molar-refractivity contribution in [3.8, 4) is 0 Å². The van der Waals surface area contributed by atoms with Crippen LogP contribution >= 0.6 is 0 Å². The molecule has 1 aliphatic carbocycles. The third-order valence-electron chi connectivity index (χ3n) is 3.83. The SMILES string of the molecule is CCCCCCCCC(=O)N[C@H]1CCCC[C@@H]1O. The number of carbonyl (C=O) groups is 1. The van der Waals surface area contributed by atoms with Crippen molar-refractivity contribution in [2.75, 3.05) is 0 Å². The van der Waals surface area contributed by atoms with E-state index in [0.29, 0.717) is 6.42 Å². The lowest BCUT2D eigenvalue weighted by Gasteiger charge is -2.28. The van der Waals surface area contributed by atoms with Gasteiger partial charge in [0.15, 0.2) is 0 Å². The molecule has 1 aliphatic rings. The molecule has 0 aromatic rings. The molecule has 0 aromatic carbocycles. The predicted octanol–water partition coefficient (Wildman–Crippen LogP) is 3.16. The molecule has 0 saturated heterocycles. The minimum atomic E-state index is -0.327. The number of aliphatic hydroxyl groups is 1. The van der Waals surface area contributed by atoms with Crippen LogP contribution in [0, 0.1) is 0 Å². The second kappa shape index (κ2) is 9.37. The van der Waals surface area contributed by atoms with E-state index >= 15 is 0 Å². The third kappa shape index (κ3) is 6.39. The summed E-state index contributed by atoms with van der Waals surface area (Å²) in [5.74, 6) is 0.122. The number of aliphatic hydroxyl groups excluding tert-OH is 1. The first-order valence-corrected chi connectivity index (χ1v) is 7.71. The Labute approximate surface area is 111 Å². The molecule has 2 N–H and O–H groups in total. The topological polar surface area (TPSA) is 49.3 Å². The molecule has 3 heteroatoms. The number of hydrogen-bond acceptors (Lipinski definition) is 2. The van der Waals surface area contributed by atoms with Crippen LogP contribution in [0.15, 0.2) is 0 Å². The van der Waals surface area contributed by atoms with E-state index in [2.05, 4.69) is 12.2 Å². The number of unbranched alkanes of at least 4 members (excludes halogenated alkanes) is 5. The molecular weight excluding hydrogens is 226 g/mol. The highest BCUT2D eigenvalue weighted by molar-refractivity contribution is 5.76. The lowest BCUT2D eigenvalue weighted by molar-refractivity contribution is -0.123. The predicted molar refractivity (Wildman–Crippen MR) is 74.4 cm³/mol. The van der Waals surface area contributed by atoms with Crippen molar-refractivity contribution in [3.63, 3.8) is 0 Å². The molecule has 1 rings (SSSR count). The second-order valence-corrected chi connectivity index (χ2v) is 5.54. The van der Waals surface area contributed by atoms with Gasteiger partial charge in [0.1, 0.15) is 0 Å². The van der Waals surface area contributed by atoms with Gasteiger partial charge in [-0.2, -0.15) is 0 Å². The Morgan fingerprint density at radius 1 is 1.11 bits per heavy atom. The lowest BCUT2D eigenvalue weighted by Crippen LogP contribution is -2.44. The van der Waals surface area contributed by atoms with Gasteiger partial charge in [-0.15, -0.1) is 0 Å². The first-order valence-electron chi connectivity index (χ1n) is 7.71. The summed E-state index contributed by atoms with van der Waals surface area (Å²) in [6.45, 7) is 2.21. The molecule has 106 valence electrons. The maximum absolute atomic E-state index is 11.7. The van der Waals surface area contributed by atoms with E-state index in [1.807, 2.05) is 0 Å². The van der Waals surface area contributed by atoms with Crippen molar-refractivity contribution in [3.05, 3.63) is 0 Å². The largest absolute Gasteiger partial charge is 0.391 e. The molecule has 2 atom stereocenters. The summed E-state index contributed by atoms with van der Waals surface area (Å²) in [6, 6.07) is 0.00587. The van der Waals surface area contributed by atoms with Gasteiger partial charge >= 0.3 is 0 Å². The van der Waals surface area contributed by atoms with E-state index in [4.69, 9.17) is 0 Å². The van der Waals surface area contributed by atoms with Crippen molar-refractivity contribution in [2.24, 2.45) is 0 Å². The van der Waals surface area contributed by atoms with E-state index < -0.39 is 0 Å². The van der Waals surface area contributed by atoms with Crippen LogP contribution in [0.25, 0.3) is 0 Å². The quantitative estimate of drug-likeness (QED) is 0.655. The molecule has 1 amide bonds. The lowest BCUT2D eigenvalue weighted by atomic mass is 9.92. The third-order valence-corrected chi connectivity index (χ3v) is 3.83. The van der Waals surface area contributed by atoms with Crippen LogP contribution in [0.2, 0.25) is 0 Å². The fraction of sp³-hybridized carbons (Fsp3) is 0.933. The van der Waals surface area contributed by atoms with Gasteiger partial charge in [-0.05, 0) is 19.3 Å². The Bertz CT molecular complexity index is 231. The van der Waals surface area contributed by atoms with Crippen LogP contribution in [0.4, 0.5) is 0 Å². The zero-order valence-electron chi connectivity index (χ0n) is 11.8. The molecule has 0 aliphatic heterocycles. The van der Waals surface area contributed by atoms with Gasteiger partial charge in [-0.25, -0.2) is 0 Å². The zero-order chi connectivity index (χ0) is 13.2. The standard InChI is InChI=1S/C15H29NO2/c1-2-3-4-5-6-7-12-15(18)16-13-10-8-9-11-14(13)17/h13-14,17H,2-12H2,1H3,(H,16,18)/t13-,14-/m0/s1. The molecule has 0 radical (unpaired) electrons. The Morgan fingerprint density at radius 2 is 1.78 bits per heavy atom. The Morgan fingerprint density at radius 3 is 2.50 bits per heavy atom. The molecule has 0 bridgehead atoms. The van der Waals surface area contributed by atoms with Crippen LogP contribution in [0.3, 0.4) is 0 Å². The summed E-state index contributed by atoms with van der Waals surface area (Å²) in [5.41, 5.74) is 0. The van der Waals surface area contributed by atoms with Crippen molar-refractivity contribution in [1.29, 1.82) is 0 Å². The summed E-state index contributed by atoms with van der Waals surface area (Å²) in [4.78, 5) is 11.7. The highest BCUT2D eigenvalue weighted by atomic mass is 16.3. The van der Waals surface area contributed by atoms with Crippen molar-refractivity contribution >= 4 is 5.91 Å². The molecular formula is C15H29NO2. The summed E-state index contributed by atoms with van der Waals surface area (Å²) < 4.78 is 0. The van der Waals surface area contributed by atoms with Gasteiger partial charge in [-0.3, -0.25) is 4.79 Å². The molecule has 0 aromatic heterocycles. The number of hydrogen-bond donors (Lipinski definition) is 2. The minimum Gasteiger partial charge on any atom is -0.391 e. The molecule has 18 heavy (non-hydrogen) atoms. The van der Waals surface area contributed by atoms with E-state index in [9.17, 15) is 9.90 Å². The van der Waals surface area contributed by atoms with E-state index in [-0.39, 0.29) is 18.1 Å². The number of carbonyl (C=O) groups excluding carboxylic acids is 1. The molecule has 3 nitrogen and oxygen atoms in total. The number of nitrogens with one attached hydrogen (secondary N) is 1. The number of rotatable bonds is 8. The van der Waals surface area contributed by atoms with Gasteiger partial charge < -0.3 is 10.4 Å². The van der Waals surface area contributed by atoms with Crippen molar-refractivity contribution in [1.82, 2.24) is 5.32 Å². The summed E-state index contributed by atoms with van der Waals surface area (Å²) in [7, 11) is 0. The molecule has 0 heterocycles. The number of amides is 1. The summed E-state index contributed by atoms with van der Waals surface area (Å²) >= 11 is 0. The van der Waals surface area contributed by atoms with Crippen molar-refractivity contribution < 1.29 is 9.90 Å². The van der Waals surface area contributed by atoms with Gasteiger partial charge in [0.05, 0.1) is 12.1 Å². The minimum absolute atomic E-state index is 0.00587. The first kappa shape index (κ1) is 15.5. The average Bonchev–Trinajstić information content (AvgIpc) is 2.36.